The molecule has 1 amide bonds. The standard InChI is InChI=1S/C12H15FN2OS.ClH/c1-15(12(16)11-7-17-8-14-11)6-9-4-2-3-5-10(9)13;/h2-5,11,14H,6-8H2,1H3;1H. The highest BCUT2D eigenvalue weighted by Gasteiger charge is 2.25. The van der Waals surface area contributed by atoms with Crippen LogP contribution in [0.15, 0.2) is 24.3 Å². The zero-order chi connectivity index (χ0) is 12.3. The molecule has 1 N–H and O–H groups in total. The second kappa shape index (κ2) is 6.97. The third-order valence-corrected chi connectivity index (χ3v) is 3.70. The highest BCUT2D eigenvalue weighted by Crippen LogP contribution is 2.14. The summed E-state index contributed by atoms with van der Waals surface area (Å²) in [5.74, 6) is 1.36. The van der Waals surface area contributed by atoms with E-state index in [1.54, 1.807) is 41.9 Å². The number of thioether (sulfide) groups is 1. The van der Waals surface area contributed by atoms with Crippen LogP contribution in [0.5, 0.6) is 0 Å². The van der Waals surface area contributed by atoms with E-state index in [1.807, 2.05) is 0 Å². The number of carbonyl (C=O) groups is 1. The lowest BCUT2D eigenvalue weighted by molar-refractivity contribution is -0.131. The average molecular weight is 291 g/mol. The third kappa shape index (κ3) is 3.60. The van der Waals surface area contributed by atoms with Gasteiger partial charge in [0.1, 0.15) is 5.82 Å². The maximum Gasteiger partial charge on any atom is 0.240 e. The Morgan fingerprint density at radius 3 is 2.89 bits per heavy atom. The first kappa shape index (κ1) is 15.3. The molecule has 6 heteroatoms. The zero-order valence-corrected chi connectivity index (χ0v) is 11.7. The van der Waals surface area contributed by atoms with Crippen LogP contribution in [-0.2, 0) is 11.3 Å². The number of rotatable bonds is 3. The van der Waals surface area contributed by atoms with E-state index >= 15 is 0 Å². The van der Waals surface area contributed by atoms with Gasteiger partial charge >= 0.3 is 0 Å². The minimum Gasteiger partial charge on any atom is -0.340 e. The van der Waals surface area contributed by atoms with Crippen molar-refractivity contribution in [1.82, 2.24) is 10.2 Å². The molecule has 0 aromatic heterocycles. The monoisotopic (exact) mass is 290 g/mol. The Morgan fingerprint density at radius 1 is 1.56 bits per heavy atom. The number of likely N-dealkylation sites (N-methyl/N-ethyl adjacent to an activating group) is 1. The number of amides is 1. The van der Waals surface area contributed by atoms with Gasteiger partial charge in [0, 0.05) is 30.8 Å². The number of nitrogens with zero attached hydrogens (tertiary/aromatic N) is 1. The Labute approximate surface area is 117 Å². The van der Waals surface area contributed by atoms with E-state index in [2.05, 4.69) is 5.32 Å². The normalized spacial score (nSPS) is 18.2. The van der Waals surface area contributed by atoms with Crippen LogP contribution < -0.4 is 5.32 Å². The zero-order valence-electron chi connectivity index (χ0n) is 10.1. The maximum atomic E-state index is 13.4. The fourth-order valence-electron chi connectivity index (χ4n) is 1.78. The molecule has 1 fully saturated rings. The quantitative estimate of drug-likeness (QED) is 0.922. The van der Waals surface area contributed by atoms with Crippen molar-refractivity contribution in [3.8, 4) is 0 Å². The molecule has 1 aliphatic heterocycles. The Morgan fingerprint density at radius 2 is 2.28 bits per heavy atom. The summed E-state index contributed by atoms with van der Waals surface area (Å²) in [6.07, 6.45) is 0. The van der Waals surface area contributed by atoms with Gasteiger partial charge < -0.3 is 4.90 Å². The smallest absolute Gasteiger partial charge is 0.240 e. The minimum atomic E-state index is -0.263. The highest BCUT2D eigenvalue weighted by molar-refractivity contribution is 7.99. The van der Waals surface area contributed by atoms with Gasteiger partial charge in [0.05, 0.1) is 6.04 Å². The summed E-state index contributed by atoms with van der Waals surface area (Å²) in [6, 6.07) is 6.42. The number of halogens is 2. The number of hydrogen-bond acceptors (Lipinski definition) is 3. The van der Waals surface area contributed by atoms with Crippen molar-refractivity contribution >= 4 is 30.1 Å². The van der Waals surface area contributed by atoms with Crippen LogP contribution in [-0.4, -0.2) is 35.5 Å². The lowest BCUT2D eigenvalue weighted by atomic mass is 10.2. The van der Waals surface area contributed by atoms with Gasteiger partial charge in [-0.3, -0.25) is 10.1 Å². The number of benzene rings is 1. The van der Waals surface area contributed by atoms with Crippen molar-refractivity contribution in [2.24, 2.45) is 0 Å². The predicted molar refractivity (Wildman–Crippen MR) is 74.4 cm³/mol. The summed E-state index contributed by atoms with van der Waals surface area (Å²) in [5.41, 5.74) is 0.550. The van der Waals surface area contributed by atoms with E-state index in [1.165, 1.54) is 6.07 Å². The SMILES string of the molecule is CN(Cc1ccccc1F)C(=O)C1CSCN1.Cl. The van der Waals surface area contributed by atoms with E-state index in [9.17, 15) is 9.18 Å². The van der Waals surface area contributed by atoms with E-state index < -0.39 is 0 Å². The molecule has 3 nitrogen and oxygen atoms in total. The van der Waals surface area contributed by atoms with Gasteiger partial charge in [-0.05, 0) is 6.07 Å². The van der Waals surface area contributed by atoms with Gasteiger partial charge in [0.15, 0.2) is 0 Å². The molecule has 100 valence electrons. The number of carbonyl (C=O) groups excluding carboxylic acids is 1. The molecule has 0 saturated carbocycles. The third-order valence-electron chi connectivity index (χ3n) is 2.76. The second-order valence-corrected chi connectivity index (χ2v) is 5.09. The van der Waals surface area contributed by atoms with Crippen molar-refractivity contribution in [2.75, 3.05) is 18.7 Å². The molecule has 2 rings (SSSR count). The lowest BCUT2D eigenvalue weighted by Crippen LogP contribution is -2.42. The fraction of sp³-hybridized carbons (Fsp3) is 0.417. The Balaban J connectivity index is 0.00000162. The molecule has 1 aliphatic rings. The Hall–Kier alpha value is -0.780. The average Bonchev–Trinajstić information content (AvgIpc) is 2.84. The van der Waals surface area contributed by atoms with Crippen molar-refractivity contribution in [1.29, 1.82) is 0 Å². The van der Waals surface area contributed by atoms with Crippen molar-refractivity contribution < 1.29 is 9.18 Å². The summed E-state index contributed by atoms with van der Waals surface area (Å²) < 4.78 is 13.4. The van der Waals surface area contributed by atoms with Gasteiger partial charge in [-0.25, -0.2) is 4.39 Å². The first-order valence-corrected chi connectivity index (χ1v) is 6.63. The molecule has 0 bridgehead atoms. The summed E-state index contributed by atoms with van der Waals surface area (Å²) >= 11 is 1.70. The minimum absolute atomic E-state index is 0. The van der Waals surface area contributed by atoms with Crippen LogP contribution in [0.25, 0.3) is 0 Å². The molecule has 1 heterocycles. The molecule has 1 aromatic rings. The molecule has 1 atom stereocenters. The molecule has 1 unspecified atom stereocenters. The molecule has 0 radical (unpaired) electrons. The maximum absolute atomic E-state index is 13.4. The second-order valence-electron chi connectivity index (χ2n) is 4.06. The number of nitrogens with one attached hydrogen (secondary N) is 1. The van der Waals surface area contributed by atoms with Crippen molar-refractivity contribution in [3.63, 3.8) is 0 Å². The molecule has 0 spiro atoms. The molecular weight excluding hydrogens is 275 g/mol. The molecule has 1 saturated heterocycles. The summed E-state index contributed by atoms with van der Waals surface area (Å²) in [4.78, 5) is 13.6. The van der Waals surface area contributed by atoms with Gasteiger partial charge in [0.25, 0.3) is 0 Å². The lowest BCUT2D eigenvalue weighted by Gasteiger charge is -2.21. The molecule has 18 heavy (non-hydrogen) atoms. The van der Waals surface area contributed by atoms with Crippen LogP contribution in [0.2, 0.25) is 0 Å². The van der Waals surface area contributed by atoms with Gasteiger partial charge in [-0.2, -0.15) is 0 Å². The van der Waals surface area contributed by atoms with Crippen LogP contribution in [0.4, 0.5) is 4.39 Å². The fourth-order valence-corrected chi connectivity index (χ4v) is 2.71. The first-order chi connectivity index (χ1) is 8.18. The van der Waals surface area contributed by atoms with Crippen LogP contribution >= 0.6 is 24.2 Å². The number of hydrogen-bond donors (Lipinski definition) is 1. The topological polar surface area (TPSA) is 32.3 Å². The van der Waals surface area contributed by atoms with E-state index in [4.69, 9.17) is 0 Å². The Kier molecular flexibility index (Phi) is 5.91. The molecule has 1 aromatic carbocycles. The van der Waals surface area contributed by atoms with E-state index in [-0.39, 0.29) is 30.2 Å². The summed E-state index contributed by atoms with van der Waals surface area (Å²) in [7, 11) is 1.71. The van der Waals surface area contributed by atoms with Crippen molar-refractivity contribution in [3.05, 3.63) is 35.6 Å². The molecule has 0 aliphatic carbocycles. The van der Waals surface area contributed by atoms with E-state index in [0.29, 0.717) is 12.1 Å². The van der Waals surface area contributed by atoms with Crippen LogP contribution in [0.3, 0.4) is 0 Å². The van der Waals surface area contributed by atoms with Crippen LogP contribution in [0, 0.1) is 5.82 Å². The Bertz CT molecular complexity index is 413. The first-order valence-electron chi connectivity index (χ1n) is 5.48. The predicted octanol–water partition coefficient (Wildman–Crippen LogP) is 1.87. The van der Waals surface area contributed by atoms with Gasteiger partial charge in [-0.15, -0.1) is 24.2 Å². The van der Waals surface area contributed by atoms with Crippen LogP contribution in [0.1, 0.15) is 5.56 Å². The molecular formula is C12H16ClFN2OS. The largest absolute Gasteiger partial charge is 0.340 e. The van der Waals surface area contributed by atoms with Gasteiger partial charge in [-0.1, -0.05) is 18.2 Å². The van der Waals surface area contributed by atoms with Gasteiger partial charge in [0.2, 0.25) is 5.91 Å². The summed E-state index contributed by atoms with van der Waals surface area (Å²) in [5, 5.41) is 3.12. The summed E-state index contributed by atoms with van der Waals surface area (Å²) in [6.45, 7) is 0.314. The van der Waals surface area contributed by atoms with Crippen molar-refractivity contribution in [2.45, 2.75) is 12.6 Å². The highest BCUT2D eigenvalue weighted by atomic mass is 35.5. The van der Waals surface area contributed by atoms with E-state index in [0.717, 1.165) is 11.6 Å².